The largest absolute Gasteiger partial charge is 0.497 e. The summed E-state index contributed by atoms with van der Waals surface area (Å²) in [5.74, 6) is 0.816. The molecular formula is C12H21Cl3N2O4. The van der Waals surface area contributed by atoms with E-state index in [1.165, 1.54) is 14.2 Å². The summed E-state index contributed by atoms with van der Waals surface area (Å²) < 4.78 is 10.2. The van der Waals surface area contributed by atoms with E-state index < -0.39 is 6.10 Å². The van der Waals surface area contributed by atoms with Crippen LogP contribution >= 0.6 is 37.2 Å². The minimum Gasteiger partial charge on any atom is -0.497 e. The standard InChI is InChI=1S/C12H18N2O4.3ClH/c1-17-8-3-4-11(18-2)9(5-8)10(15)7-14-12(16)6-13;;;/h3-5,10,15H,6-7,13H2,1-2H3,(H,14,16);3*1H. The zero-order valence-corrected chi connectivity index (χ0v) is 14.1. The molecule has 1 aromatic rings. The van der Waals surface area contributed by atoms with Gasteiger partial charge in [0, 0.05) is 12.1 Å². The quantitative estimate of drug-likeness (QED) is 0.703. The van der Waals surface area contributed by atoms with Gasteiger partial charge in [0.1, 0.15) is 11.5 Å². The lowest BCUT2D eigenvalue weighted by Gasteiger charge is -2.16. The predicted octanol–water partition coefficient (Wildman–Crippen LogP) is 1.08. The van der Waals surface area contributed by atoms with E-state index in [4.69, 9.17) is 15.2 Å². The summed E-state index contributed by atoms with van der Waals surface area (Å²) in [4.78, 5) is 11.0. The molecule has 0 fully saturated rings. The normalized spacial score (nSPS) is 10.1. The van der Waals surface area contributed by atoms with Crippen LogP contribution in [0, 0.1) is 0 Å². The van der Waals surface area contributed by atoms with Gasteiger partial charge in [-0.1, -0.05) is 0 Å². The van der Waals surface area contributed by atoms with E-state index in [-0.39, 0.29) is 56.2 Å². The van der Waals surface area contributed by atoms with Crippen LogP contribution in [0.5, 0.6) is 11.5 Å². The summed E-state index contributed by atoms with van der Waals surface area (Å²) in [6, 6.07) is 5.09. The minimum atomic E-state index is -0.884. The molecule has 0 aliphatic rings. The highest BCUT2D eigenvalue weighted by molar-refractivity contribution is 5.86. The molecule has 4 N–H and O–H groups in total. The highest BCUT2D eigenvalue weighted by atomic mass is 35.5. The molecule has 0 radical (unpaired) electrons. The van der Waals surface area contributed by atoms with Crippen LogP contribution in [-0.4, -0.2) is 38.3 Å². The van der Waals surface area contributed by atoms with Gasteiger partial charge >= 0.3 is 0 Å². The molecule has 1 aromatic carbocycles. The molecule has 0 bridgehead atoms. The molecule has 1 rings (SSSR count). The first-order valence-electron chi connectivity index (χ1n) is 5.49. The van der Waals surface area contributed by atoms with Gasteiger partial charge in [0.15, 0.2) is 0 Å². The Hall–Kier alpha value is -0.920. The van der Waals surface area contributed by atoms with Crippen molar-refractivity contribution in [3.63, 3.8) is 0 Å². The van der Waals surface area contributed by atoms with E-state index in [0.717, 1.165) is 0 Å². The lowest BCUT2D eigenvalue weighted by Crippen LogP contribution is -2.33. The molecule has 0 aliphatic heterocycles. The Morgan fingerprint density at radius 2 is 1.90 bits per heavy atom. The van der Waals surface area contributed by atoms with E-state index in [9.17, 15) is 9.90 Å². The van der Waals surface area contributed by atoms with Gasteiger partial charge in [0.2, 0.25) is 5.91 Å². The Labute approximate surface area is 142 Å². The van der Waals surface area contributed by atoms with Crippen LogP contribution in [-0.2, 0) is 4.79 Å². The minimum absolute atomic E-state index is 0. The number of nitrogens with two attached hydrogens (primary N) is 1. The Kier molecular flexibility index (Phi) is 15.3. The van der Waals surface area contributed by atoms with Crippen LogP contribution < -0.4 is 20.5 Å². The molecule has 124 valence electrons. The molecule has 1 amide bonds. The fourth-order valence-corrected chi connectivity index (χ4v) is 1.49. The van der Waals surface area contributed by atoms with Gasteiger partial charge in [-0.2, -0.15) is 0 Å². The van der Waals surface area contributed by atoms with Crippen LogP contribution in [0.1, 0.15) is 11.7 Å². The zero-order chi connectivity index (χ0) is 13.5. The maximum absolute atomic E-state index is 11.0. The average Bonchev–Trinajstić information content (AvgIpc) is 2.43. The second-order valence-electron chi connectivity index (χ2n) is 3.63. The third kappa shape index (κ3) is 7.59. The van der Waals surface area contributed by atoms with Crippen molar-refractivity contribution in [2.45, 2.75) is 6.10 Å². The number of aliphatic hydroxyl groups excluding tert-OH is 1. The topological polar surface area (TPSA) is 93.8 Å². The smallest absolute Gasteiger partial charge is 0.233 e. The van der Waals surface area contributed by atoms with Crippen LogP contribution in [0.4, 0.5) is 0 Å². The second-order valence-corrected chi connectivity index (χ2v) is 3.63. The van der Waals surface area contributed by atoms with Gasteiger partial charge in [-0.05, 0) is 18.2 Å². The maximum atomic E-state index is 11.0. The number of hydrogen-bond donors (Lipinski definition) is 3. The number of carbonyl (C=O) groups is 1. The Balaban J connectivity index is -0.00000108. The third-order valence-corrected chi connectivity index (χ3v) is 2.47. The van der Waals surface area contributed by atoms with E-state index in [0.29, 0.717) is 17.1 Å². The summed E-state index contributed by atoms with van der Waals surface area (Å²) in [6.45, 7) is -0.0402. The number of carbonyl (C=O) groups excluding carboxylic acids is 1. The highest BCUT2D eigenvalue weighted by Gasteiger charge is 2.15. The fourth-order valence-electron chi connectivity index (χ4n) is 1.49. The number of nitrogens with one attached hydrogen (secondary N) is 1. The molecule has 1 unspecified atom stereocenters. The molecule has 0 aromatic heterocycles. The van der Waals surface area contributed by atoms with Crippen molar-refractivity contribution in [2.75, 3.05) is 27.3 Å². The van der Waals surface area contributed by atoms with Crippen molar-refractivity contribution in [2.24, 2.45) is 5.73 Å². The van der Waals surface area contributed by atoms with E-state index in [1.807, 2.05) is 0 Å². The van der Waals surface area contributed by atoms with Gasteiger partial charge in [0.05, 0.1) is 26.9 Å². The fraction of sp³-hybridized carbons (Fsp3) is 0.417. The molecule has 0 saturated heterocycles. The molecule has 0 heterocycles. The number of amides is 1. The number of ether oxygens (including phenoxy) is 2. The van der Waals surface area contributed by atoms with Gasteiger partial charge < -0.3 is 25.6 Å². The molecule has 1 atom stereocenters. The van der Waals surface area contributed by atoms with Crippen molar-refractivity contribution in [1.29, 1.82) is 0 Å². The van der Waals surface area contributed by atoms with E-state index >= 15 is 0 Å². The summed E-state index contributed by atoms with van der Waals surface area (Å²) in [6.07, 6.45) is -0.884. The van der Waals surface area contributed by atoms with E-state index in [1.54, 1.807) is 18.2 Å². The van der Waals surface area contributed by atoms with Crippen LogP contribution in [0.2, 0.25) is 0 Å². The van der Waals surface area contributed by atoms with Gasteiger partial charge in [-0.3, -0.25) is 4.79 Å². The SMILES string of the molecule is COc1ccc(OC)c(C(O)CNC(=O)CN)c1.Cl.Cl.Cl. The molecule has 0 spiro atoms. The van der Waals surface area contributed by atoms with Crippen LogP contribution in [0.25, 0.3) is 0 Å². The Morgan fingerprint density at radius 1 is 1.29 bits per heavy atom. The number of rotatable bonds is 6. The summed E-state index contributed by atoms with van der Waals surface area (Å²) >= 11 is 0. The van der Waals surface area contributed by atoms with Gasteiger partial charge in [-0.25, -0.2) is 0 Å². The van der Waals surface area contributed by atoms with Crippen molar-refractivity contribution < 1.29 is 19.4 Å². The number of benzene rings is 1. The molecule has 0 aliphatic carbocycles. The maximum Gasteiger partial charge on any atom is 0.233 e. The number of aliphatic hydroxyl groups is 1. The number of methoxy groups -OCH3 is 2. The molecule has 9 heteroatoms. The van der Waals surface area contributed by atoms with Crippen molar-refractivity contribution in [3.05, 3.63) is 23.8 Å². The summed E-state index contributed by atoms with van der Waals surface area (Å²) in [5.41, 5.74) is 5.71. The monoisotopic (exact) mass is 362 g/mol. The second kappa shape index (κ2) is 12.8. The molecular weight excluding hydrogens is 343 g/mol. The zero-order valence-electron chi connectivity index (χ0n) is 11.7. The first-order valence-corrected chi connectivity index (χ1v) is 5.49. The molecule has 21 heavy (non-hydrogen) atoms. The first kappa shape index (κ1) is 25.1. The highest BCUT2D eigenvalue weighted by Crippen LogP contribution is 2.28. The predicted molar refractivity (Wildman–Crippen MR) is 88.3 cm³/mol. The number of halogens is 3. The van der Waals surface area contributed by atoms with Gasteiger partial charge in [0.25, 0.3) is 0 Å². The van der Waals surface area contributed by atoms with Crippen molar-refractivity contribution in [1.82, 2.24) is 5.32 Å². The Morgan fingerprint density at radius 3 is 2.38 bits per heavy atom. The number of hydrogen-bond acceptors (Lipinski definition) is 5. The summed E-state index contributed by atoms with van der Waals surface area (Å²) in [7, 11) is 3.05. The van der Waals surface area contributed by atoms with E-state index in [2.05, 4.69) is 5.32 Å². The lowest BCUT2D eigenvalue weighted by molar-refractivity contribution is -0.120. The van der Waals surface area contributed by atoms with Gasteiger partial charge in [-0.15, -0.1) is 37.2 Å². The summed E-state index contributed by atoms with van der Waals surface area (Å²) in [5, 5.41) is 12.5. The molecule has 0 saturated carbocycles. The average molecular weight is 364 g/mol. The van der Waals surface area contributed by atoms with Crippen LogP contribution in [0.3, 0.4) is 0 Å². The molecule has 6 nitrogen and oxygen atoms in total. The van der Waals surface area contributed by atoms with Crippen LogP contribution in [0.15, 0.2) is 18.2 Å². The third-order valence-electron chi connectivity index (χ3n) is 2.47. The van der Waals surface area contributed by atoms with Crippen molar-refractivity contribution >= 4 is 43.1 Å². The lowest BCUT2D eigenvalue weighted by atomic mass is 10.1. The Bertz CT molecular complexity index is 421. The van der Waals surface area contributed by atoms with Crippen molar-refractivity contribution in [3.8, 4) is 11.5 Å². The first-order chi connectivity index (χ1) is 8.62.